The van der Waals surface area contributed by atoms with Crippen molar-refractivity contribution < 1.29 is 10.2 Å². The highest BCUT2D eigenvalue weighted by Gasteiger charge is 2.08. The Balaban J connectivity index is 2.36. The van der Waals surface area contributed by atoms with Crippen LogP contribution in [0.5, 0.6) is 0 Å². The number of rotatable bonds is 7. The van der Waals surface area contributed by atoms with E-state index in [-0.39, 0.29) is 6.61 Å². The smallest absolute Gasteiger partial charge is 0.0914 e. The monoisotopic (exact) mass is 277 g/mol. The van der Waals surface area contributed by atoms with Gasteiger partial charge >= 0.3 is 0 Å². The van der Waals surface area contributed by atoms with E-state index < -0.39 is 6.10 Å². The van der Waals surface area contributed by atoms with E-state index >= 15 is 0 Å². The zero-order valence-corrected chi connectivity index (χ0v) is 11.0. The minimum absolute atomic E-state index is 0.205. The van der Waals surface area contributed by atoms with Crippen LogP contribution in [0.1, 0.15) is 24.5 Å². The number of aliphatic hydroxyl groups excluding tert-OH is 2. The first kappa shape index (κ1) is 14.7. The fourth-order valence-electron chi connectivity index (χ4n) is 1.44. The van der Waals surface area contributed by atoms with Gasteiger partial charge in [0.2, 0.25) is 0 Å². The van der Waals surface area contributed by atoms with E-state index in [0.717, 1.165) is 24.9 Å². The summed E-state index contributed by atoms with van der Waals surface area (Å²) in [6, 6.07) is 5.10. The molecule has 0 aliphatic heterocycles. The Hall–Kier alpha value is -0.320. The Morgan fingerprint density at radius 3 is 2.59 bits per heavy atom. The van der Waals surface area contributed by atoms with E-state index in [0.29, 0.717) is 16.6 Å². The van der Waals surface area contributed by atoms with Crippen LogP contribution in [0.2, 0.25) is 10.0 Å². The molecule has 0 radical (unpaired) electrons. The molecule has 0 saturated heterocycles. The summed E-state index contributed by atoms with van der Waals surface area (Å²) in [5, 5.41) is 22.5. The van der Waals surface area contributed by atoms with Gasteiger partial charge in [-0.1, -0.05) is 29.3 Å². The highest BCUT2D eigenvalue weighted by molar-refractivity contribution is 6.42. The molecule has 0 bridgehead atoms. The second kappa shape index (κ2) is 7.90. The summed E-state index contributed by atoms with van der Waals surface area (Å²) in [5.74, 6) is 0. The van der Waals surface area contributed by atoms with E-state index in [2.05, 4.69) is 5.32 Å². The first-order valence-corrected chi connectivity index (χ1v) is 6.35. The van der Waals surface area contributed by atoms with E-state index in [1.165, 1.54) is 0 Å². The van der Waals surface area contributed by atoms with Gasteiger partial charge in [-0.05, 0) is 37.1 Å². The number of aliphatic hydroxyl groups is 2. The number of nitrogens with one attached hydrogen (secondary N) is 1. The fraction of sp³-hybridized carbons (Fsp3) is 0.500. The molecule has 0 aromatic heterocycles. The van der Waals surface area contributed by atoms with Gasteiger partial charge in [-0.2, -0.15) is 0 Å². The standard InChI is InChI=1S/C12H17Cl2NO2/c13-10-4-3-9(7-11(10)14)12(17)8-15-5-1-2-6-16/h3-4,7,12,15-17H,1-2,5-6,8H2/t12-/m0/s1. The molecule has 0 fully saturated rings. The molecule has 0 heterocycles. The third-order valence-electron chi connectivity index (χ3n) is 2.43. The Bertz CT molecular complexity index is 347. The van der Waals surface area contributed by atoms with Gasteiger partial charge in [0, 0.05) is 13.2 Å². The first-order chi connectivity index (χ1) is 8.15. The maximum atomic E-state index is 9.88. The molecule has 0 spiro atoms. The van der Waals surface area contributed by atoms with Crippen molar-refractivity contribution in [2.24, 2.45) is 0 Å². The Morgan fingerprint density at radius 1 is 1.18 bits per heavy atom. The van der Waals surface area contributed by atoms with Crippen LogP contribution >= 0.6 is 23.2 Å². The summed E-state index contributed by atoms with van der Waals surface area (Å²) >= 11 is 11.7. The first-order valence-electron chi connectivity index (χ1n) is 5.59. The lowest BCUT2D eigenvalue weighted by atomic mass is 10.1. The Labute approximate surface area is 111 Å². The quantitative estimate of drug-likeness (QED) is 0.671. The maximum absolute atomic E-state index is 9.88. The molecule has 0 unspecified atom stereocenters. The summed E-state index contributed by atoms with van der Waals surface area (Å²) in [5.41, 5.74) is 0.744. The number of unbranched alkanes of at least 4 members (excludes halogenated alkanes) is 1. The molecule has 1 aromatic rings. The van der Waals surface area contributed by atoms with Gasteiger partial charge in [-0.3, -0.25) is 0 Å². The lowest BCUT2D eigenvalue weighted by molar-refractivity contribution is 0.174. The van der Waals surface area contributed by atoms with Crippen molar-refractivity contribution >= 4 is 23.2 Å². The number of hydrogen-bond donors (Lipinski definition) is 3. The predicted molar refractivity (Wildman–Crippen MR) is 70.6 cm³/mol. The topological polar surface area (TPSA) is 52.5 Å². The van der Waals surface area contributed by atoms with Crippen LogP contribution in [-0.4, -0.2) is 29.9 Å². The lowest BCUT2D eigenvalue weighted by Gasteiger charge is -2.12. The Morgan fingerprint density at radius 2 is 1.94 bits per heavy atom. The van der Waals surface area contributed by atoms with Crippen molar-refractivity contribution in [3.8, 4) is 0 Å². The summed E-state index contributed by atoms with van der Waals surface area (Å²) in [6.07, 6.45) is 1.07. The predicted octanol–water partition coefficient (Wildman–Crippen LogP) is 2.39. The molecule has 0 saturated carbocycles. The summed E-state index contributed by atoms with van der Waals surface area (Å²) in [7, 11) is 0. The second-order valence-corrected chi connectivity index (χ2v) is 4.64. The molecular weight excluding hydrogens is 261 g/mol. The van der Waals surface area contributed by atoms with Crippen LogP contribution in [0.15, 0.2) is 18.2 Å². The SMILES string of the molecule is OCCCCNC[C@H](O)c1ccc(Cl)c(Cl)c1. The van der Waals surface area contributed by atoms with Crippen molar-refractivity contribution in [2.45, 2.75) is 18.9 Å². The average Bonchev–Trinajstić information content (AvgIpc) is 2.32. The summed E-state index contributed by atoms with van der Waals surface area (Å²) in [4.78, 5) is 0. The van der Waals surface area contributed by atoms with Gasteiger partial charge in [0.1, 0.15) is 0 Å². The molecule has 1 atom stereocenters. The van der Waals surface area contributed by atoms with E-state index in [4.69, 9.17) is 28.3 Å². The molecule has 1 aromatic carbocycles. The van der Waals surface area contributed by atoms with E-state index in [9.17, 15) is 5.11 Å². The zero-order chi connectivity index (χ0) is 12.7. The molecule has 96 valence electrons. The molecule has 3 N–H and O–H groups in total. The normalized spacial score (nSPS) is 12.7. The minimum Gasteiger partial charge on any atom is -0.396 e. The maximum Gasteiger partial charge on any atom is 0.0914 e. The molecule has 5 heteroatoms. The minimum atomic E-state index is -0.598. The van der Waals surface area contributed by atoms with Crippen molar-refractivity contribution in [1.29, 1.82) is 0 Å². The number of hydrogen-bond acceptors (Lipinski definition) is 3. The van der Waals surface area contributed by atoms with Gasteiger partial charge in [0.25, 0.3) is 0 Å². The van der Waals surface area contributed by atoms with Gasteiger partial charge in [-0.25, -0.2) is 0 Å². The van der Waals surface area contributed by atoms with Crippen LogP contribution in [-0.2, 0) is 0 Å². The fourth-order valence-corrected chi connectivity index (χ4v) is 1.74. The van der Waals surface area contributed by atoms with Crippen molar-refractivity contribution in [3.63, 3.8) is 0 Å². The van der Waals surface area contributed by atoms with Crippen molar-refractivity contribution in [2.75, 3.05) is 19.7 Å². The highest BCUT2D eigenvalue weighted by Crippen LogP contribution is 2.25. The average molecular weight is 278 g/mol. The zero-order valence-electron chi connectivity index (χ0n) is 9.50. The molecule has 0 aliphatic carbocycles. The number of benzene rings is 1. The lowest BCUT2D eigenvalue weighted by Crippen LogP contribution is -2.22. The van der Waals surface area contributed by atoms with Crippen LogP contribution in [0.25, 0.3) is 0 Å². The molecule has 17 heavy (non-hydrogen) atoms. The highest BCUT2D eigenvalue weighted by atomic mass is 35.5. The van der Waals surface area contributed by atoms with E-state index in [1.54, 1.807) is 18.2 Å². The molecule has 0 aliphatic rings. The largest absolute Gasteiger partial charge is 0.396 e. The van der Waals surface area contributed by atoms with Crippen molar-refractivity contribution in [1.82, 2.24) is 5.32 Å². The summed E-state index contributed by atoms with van der Waals surface area (Å²) in [6.45, 7) is 1.44. The molecular formula is C12H17Cl2NO2. The third-order valence-corrected chi connectivity index (χ3v) is 3.17. The van der Waals surface area contributed by atoms with Crippen LogP contribution in [0, 0.1) is 0 Å². The third kappa shape index (κ3) is 5.23. The van der Waals surface area contributed by atoms with Gasteiger partial charge < -0.3 is 15.5 Å². The van der Waals surface area contributed by atoms with Gasteiger partial charge in [-0.15, -0.1) is 0 Å². The van der Waals surface area contributed by atoms with Crippen LogP contribution in [0.4, 0.5) is 0 Å². The molecule has 0 amide bonds. The van der Waals surface area contributed by atoms with Crippen LogP contribution < -0.4 is 5.32 Å². The van der Waals surface area contributed by atoms with Gasteiger partial charge in [0.05, 0.1) is 16.1 Å². The van der Waals surface area contributed by atoms with Crippen molar-refractivity contribution in [3.05, 3.63) is 33.8 Å². The Kier molecular flexibility index (Phi) is 6.85. The molecule has 1 rings (SSSR count). The summed E-state index contributed by atoms with van der Waals surface area (Å²) < 4.78 is 0. The van der Waals surface area contributed by atoms with Gasteiger partial charge in [0.15, 0.2) is 0 Å². The molecule has 3 nitrogen and oxygen atoms in total. The second-order valence-electron chi connectivity index (χ2n) is 3.82. The van der Waals surface area contributed by atoms with E-state index in [1.807, 2.05) is 0 Å². The number of halogens is 2. The van der Waals surface area contributed by atoms with Crippen LogP contribution in [0.3, 0.4) is 0 Å².